The van der Waals surface area contributed by atoms with Crippen LogP contribution in [0.2, 0.25) is 0 Å². The van der Waals surface area contributed by atoms with E-state index in [0.29, 0.717) is 50.0 Å². The summed E-state index contributed by atoms with van der Waals surface area (Å²) in [7, 11) is 0. The van der Waals surface area contributed by atoms with Crippen molar-refractivity contribution >= 4 is 11.9 Å². The second-order valence-corrected chi connectivity index (χ2v) is 6.04. The van der Waals surface area contributed by atoms with E-state index in [1.165, 1.54) is 0 Å². The van der Waals surface area contributed by atoms with E-state index in [1.807, 2.05) is 24.3 Å². The van der Waals surface area contributed by atoms with Gasteiger partial charge >= 0.3 is 11.9 Å². The fourth-order valence-corrected chi connectivity index (χ4v) is 2.44. The number of hydrogen-bond acceptors (Lipinski definition) is 4. The zero-order valence-corrected chi connectivity index (χ0v) is 15.6. The standard InChI is InChI=1S/C24H22O4/c1-3-5-7-17-27-23(25)21-13-9-19(10-14-21)20-11-15-22(16-12-20)24(26)28-18-8-6-4-2/h1-2,9-16H,5-8,17-18H2. The maximum absolute atomic E-state index is 12.0. The van der Waals surface area contributed by atoms with E-state index in [0.717, 1.165) is 11.1 Å². The summed E-state index contributed by atoms with van der Waals surface area (Å²) in [5, 5.41) is 0. The van der Waals surface area contributed by atoms with Gasteiger partial charge in [0.1, 0.15) is 0 Å². The lowest BCUT2D eigenvalue weighted by Crippen LogP contribution is -2.06. The number of carbonyl (C=O) groups excluding carboxylic acids is 2. The first-order valence-corrected chi connectivity index (χ1v) is 9.07. The molecular formula is C24H22O4. The topological polar surface area (TPSA) is 52.6 Å². The molecule has 0 radical (unpaired) electrons. The Labute approximate surface area is 165 Å². The summed E-state index contributed by atoms with van der Waals surface area (Å²) in [6, 6.07) is 14.2. The Hall–Kier alpha value is -3.50. The first-order valence-electron chi connectivity index (χ1n) is 9.07. The van der Waals surface area contributed by atoms with Gasteiger partial charge in [-0.3, -0.25) is 0 Å². The van der Waals surface area contributed by atoms with Gasteiger partial charge in [-0.05, 0) is 48.2 Å². The number of terminal acetylenes is 2. The molecule has 4 heteroatoms. The molecule has 0 saturated carbocycles. The van der Waals surface area contributed by atoms with Gasteiger partial charge in [-0.2, -0.15) is 0 Å². The van der Waals surface area contributed by atoms with Gasteiger partial charge in [-0.25, -0.2) is 9.59 Å². The molecule has 0 fully saturated rings. The smallest absolute Gasteiger partial charge is 0.338 e. The molecule has 2 aromatic rings. The molecule has 0 amide bonds. The van der Waals surface area contributed by atoms with Crippen LogP contribution in [-0.2, 0) is 9.47 Å². The zero-order valence-electron chi connectivity index (χ0n) is 15.6. The molecule has 0 spiro atoms. The molecule has 0 aliphatic rings. The highest BCUT2D eigenvalue weighted by Gasteiger charge is 2.09. The summed E-state index contributed by atoms with van der Waals surface area (Å²) < 4.78 is 10.3. The number of ether oxygens (including phenoxy) is 2. The van der Waals surface area contributed by atoms with Crippen molar-refractivity contribution in [2.45, 2.75) is 25.7 Å². The van der Waals surface area contributed by atoms with Crippen molar-refractivity contribution < 1.29 is 19.1 Å². The molecule has 0 aliphatic carbocycles. The fraction of sp³-hybridized carbons (Fsp3) is 0.250. The van der Waals surface area contributed by atoms with Crippen LogP contribution in [0.5, 0.6) is 0 Å². The van der Waals surface area contributed by atoms with Crippen molar-refractivity contribution in [3.63, 3.8) is 0 Å². The maximum Gasteiger partial charge on any atom is 0.338 e. The van der Waals surface area contributed by atoms with Crippen LogP contribution in [0.15, 0.2) is 48.5 Å². The summed E-state index contributed by atoms with van der Waals surface area (Å²) in [5.74, 6) is 4.27. The van der Waals surface area contributed by atoms with E-state index in [4.69, 9.17) is 22.3 Å². The van der Waals surface area contributed by atoms with Crippen LogP contribution >= 0.6 is 0 Å². The van der Waals surface area contributed by atoms with Crippen LogP contribution in [0.25, 0.3) is 11.1 Å². The molecule has 0 atom stereocenters. The van der Waals surface area contributed by atoms with Crippen LogP contribution < -0.4 is 0 Å². The van der Waals surface area contributed by atoms with Crippen LogP contribution in [0, 0.1) is 24.7 Å². The van der Waals surface area contributed by atoms with E-state index in [-0.39, 0.29) is 11.9 Å². The highest BCUT2D eigenvalue weighted by Crippen LogP contribution is 2.21. The van der Waals surface area contributed by atoms with E-state index in [2.05, 4.69) is 11.8 Å². The van der Waals surface area contributed by atoms with E-state index >= 15 is 0 Å². The largest absolute Gasteiger partial charge is 0.462 e. The van der Waals surface area contributed by atoms with E-state index in [9.17, 15) is 9.59 Å². The number of unbranched alkanes of at least 4 members (excludes halogenated alkanes) is 2. The summed E-state index contributed by atoms with van der Waals surface area (Å²) in [5.41, 5.74) is 2.82. The predicted molar refractivity (Wildman–Crippen MR) is 109 cm³/mol. The average Bonchev–Trinajstić information content (AvgIpc) is 2.74. The molecule has 0 saturated heterocycles. The Morgan fingerprint density at radius 1 is 0.679 bits per heavy atom. The lowest BCUT2D eigenvalue weighted by atomic mass is 10.0. The van der Waals surface area contributed by atoms with Crippen molar-refractivity contribution in [3.8, 4) is 35.8 Å². The molecule has 28 heavy (non-hydrogen) atoms. The third kappa shape index (κ3) is 6.34. The van der Waals surface area contributed by atoms with Crippen molar-refractivity contribution in [1.82, 2.24) is 0 Å². The van der Waals surface area contributed by atoms with Crippen molar-refractivity contribution in [1.29, 1.82) is 0 Å². The number of carbonyl (C=O) groups is 2. The van der Waals surface area contributed by atoms with Crippen LogP contribution in [-0.4, -0.2) is 25.2 Å². The minimum atomic E-state index is -0.369. The lowest BCUT2D eigenvalue weighted by molar-refractivity contribution is 0.0492. The number of rotatable bonds is 9. The third-order valence-corrected chi connectivity index (χ3v) is 3.97. The average molecular weight is 374 g/mol. The highest BCUT2D eigenvalue weighted by atomic mass is 16.5. The molecule has 2 aromatic carbocycles. The fourth-order valence-electron chi connectivity index (χ4n) is 2.44. The first kappa shape index (κ1) is 20.8. The predicted octanol–water partition coefficient (Wildman–Crippen LogP) is 4.49. The molecule has 0 aromatic heterocycles. The summed E-state index contributed by atoms with van der Waals surface area (Å²) in [6.07, 6.45) is 12.8. The molecular weight excluding hydrogens is 352 g/mol. The van der Waals surface area contributed by atoms with E-state index < -0.39 is 0 Å². The number of benzene rings is 2. The normalized spacial score (nSPS) is 9.79. The van der Waals surface area contributed by atoms with Gasteiger partial charge in [-0.1, -0.05) is 24.3 Å². The molecule has 0 aliphatic heterocycles. The first-order chi connectivity index (χ1) is 13.7. The summed E-state index contributed by atoms with van der Waals surface area (Å²) >= 11 is 0. The minimum absolute atomic E-state index is 0.311. The Kier molecular flexibility index (Phi) is 8.37. The minimum Gasteiger partial charge on any atom is -0.462 e. The number of hydrogen-bond donors (Lipinski definition) is 0. The van der Waals surface area contributed by atoms with Crippen LogP contribution in [0.1, 0.15) is 46.4 Å². The number of esters is 2. The molecule has 0 bridgehead atoms. The summed E-state index contributed by atoms with van der Waals surface area (Å²) in [4.78, 5) is 23.9. The second-order valence-electron chi connectivity index (χ2n) is 6.04. The van der Waals surface area contributed by atoms with Crippen LogP contribution in [0.3, 0.4) is 0 Å². The maximum atomic E-state index is 12.0. The zero-order chi connectivity index (χ0) is 20.2. The Bertz CT molecular complexity index is 789. The second kappa shape index (κ2) is 11.3. The van der Waals surface area contributed by atoms with Gasteiger partial charge < -0.3 is 9.47 Å². The lowest BCUT2D eigenvalue weighted by Gasteiger charge is -2.07. The van der Waals surface area contributed by atoms with E-state index in [1.54, 1.807) is 24.3 Å². The van der Waals surface area contributed by atoms with Crippen molar-refractivity contribution in [2.24, 2.45) is 0 Å². The molecule has 0 unspecified atom stereocenters. The van der Waals surface area contributed by atoms with Gasteiger partial charge in [0.25, 0.3) is 0 Å². The third-order valence-electron chi connectivity index (χ3n) is 3.97. The summed E-state index contributed by atoms with van der Waals surface area (Å²) in [6.45, 7) is 0.621. The van der Waals surface area contributed by atoms with Crippen molar-refractivity contribution in [3.05, 3.63) is 59.7 Å². The molecule has 4 nitrogen and oxygen atoms in total. The van der Waals surface area contributed by atoms with Gasteiger partial charge in [0.05, 0.1) is 24.3 Å². The Morgan fingerprint density at radius 2 is 1.04 bits per heavy atom. The van der Waals surface area contributed by atoms with Gasteiger partial charge in [0.15, 0.2) is 0 Å². The monoisotopic (exact) mass is 374 g/mol. The molecule has 0 heterocycles. The highest BCUT2D eigenvalue weighted by molar-refractivity contribution is 5.91. The molecule has 142 valence electrons. The Balaban J connectivity index is 1.93. The van der Waals surface area contributed by atoms with Crippen molar-refractivity contribution in [2.75, 3.05) is 13.2 Å². The molecule has 0 N–H and O–H groups in total. The van der Waals surface area contributed by atoms with Gasteiger partial charge in [-0.15, -0.1) is 24.7 Å². The molecule has 2 rings (SSSR count). The van der Waals surface area contributed by atoms with Crippen LogP contribution in [0.4, 0.5) is 0 Å². The van der Waals surface area contributed by atoms with Gasteiger partial charge in [0, 0.05) is 12.8 Å². The SMILES string of the molecule is C#CCCCOC(=O)c1ccc(-c2ccc(C(=O)OCCCC#C)cc2)cc1. The van der Waals surface area contributed by atoms with Gasteiger partial charge in [0.2, 0.25) is 0 Å². The quantitative estimate of drug-likeness (QED) is 0.369. The Morgan fingerprint density at radius 3 is 1.36 bits per heavy atom.